The minimum atomic E-state index is -0.680. The number of nitrogens with zero attached hydrogens (tertiary/aromatic N) is 1. The van der Waals surface area contributed by atoms with Crippen molar-refractivity contribution in [2.45, 2.75) is 43.2 Å². The maximum Gasteiger partial charge on any atom is 0.242 e. The number of rotatable bonds is 11. The zero-order valence-electron chi connectivity index (χ0n) is 15.1. The van der Waals surface area contributed by atoms with Crippen LogP contribution in [0.15, 0.2) is 0 Å². The number of carbonyl (C=O) groups is 3. The summed E-state index contributed by atoms with van der Waals surface area (Å²) in [5.41, 5.74) is 5.56. The van der Waals surface area contributed by atoms with Gasteiger partial charge in [-0.05, 0) is 12.2 Å². The first-order valence-electron chi connectivity index (χ1n) is 8.48. The summed E-state index contributed by atoms with van der Waals surface area (Å²) < 4.78 is 0. The first-order valence-corrected chi connectivity index (χ1v) is 11.4. The lowest BCUT2D eigenvalue weighted by atomic mass is 10.1. The molecule has 1 saturated heterocycles. The van der Waals surface area contributed by atoms with Gasteiger partial charge in [0.1, 0.15) is 0 Å². The fraction of sp³-hybridized carbons (Fsp3) is 0.812. The average molecular weight is 408 g/mol. The molecule has 1 fully saturated rings. The molecule has 1 heterocycles. The predicted octanol–water partition coefficient (Wildman–Crippen LogP) is 0.998. The molecule has 0 aromatic carbocycles. The van der Waals surface area contributed by atoms with Gasteiger partial charge in [0.15, 0.2) is 0 Å². The van der Waals surface area contributed by atoms with Gasteiger partial charge in [-0.1, -0.05) is 20.3 Å². The first-order chi connectivity index (χ1) is 11.8. The Bertz CT molecular complexity index is 479. The van der Waals surface area contributed by atoms with Crippen LogP contribution in [0.2, 0.25) is 0 Å². The number of hydrogen-bond acceptors (Lipinski definition) is 7. The van der Waals surface area contributed by atoms with E-state index < -0.39 is 6.04 Å². The molecule has 0 bridgehead atoms. The fourth-order valence-electron chi connectivity index (χ4n) is 2.46. The number of hydrogen-bond donors (Lipinski definition) is 3. The minimum absolute atomic E-state index is 0.147. The van der Waals surface area contributed by atoms with Crippen LogP contribution in [0.25, 0.3) is 0 Å². The number of carbonyl (C=O) groups excluding carboxylic acids is 3. The lowest BCUT2D eigenvalue weighted by molar-refractivity contribution is -0.138. The Morgan fingerprint density at radius 2 is 2.16 bits per heavy atom. The second kappa shape index (κ2) is 11.4. The normalized spacial score (nSPS) is 21.3. The van der Waals surface area contributed by atoms with E-state index in [9.17, 15) is 14.4 Å². The third kappa shape index (κ3) is 6.69. The number of nitrogens with two attached hydrogens (primary N) is 1. The van der Waals surface area contributed by atoms with Gasteiger partial charge in [0.25, 0.3) is 0 Å². The highest BCUT2D eigenvalue weighted by atomic mass is 32.2. The van der Waals surface area contributed by atoms with Crippen molar-refractivity contribution >= 4 is 53.9 Å². The van der Waals surface area contributed by atoms with Crippen molar-refractivity contribution in [1.29, 1.82) is 0 Å². The zero-order chi connectivity index (χ0) is 19.0. The van der Waals surface area contributed by atoms with Crippen LogP contribution in [0.1, 0.15) is 26.7 Å². The van der Waals surface area contributed by atoms with Gasteiger partial charge in [-0.15, -0.1) is 11.8 Å². The molecule has 0 aromatic rings. The number of imide groups is 1. The summed E-state index contributed by atoms with van der Waals surface area (Å²) >= 11 is 7.35. The molecule has 1 aliphatic rings. The van der Waals surface area contributed by atoms with Crippen molar-refractivity contribution in [1.82, 2.24) is 10.2 Å². The minimum Gasteiger partial charge on any atom is -0.353 e. The Morgan fingerprint density at radius 3 is 2.72 bits per heavy atom. The summed E-state index contributed by atoms with van der Waals surface area (Å²) in [5.74, 6) is 1.06. The van der Waals surface area contributed by atoms with E-state index in [1.54, 1.807) is 11.8 Å². The molecule has 0 aliphatic carbocycles. The van der Waals surface area contributed by atoms with Gasteiger partial charge < -0.3 is 11.1 Å². The van der Waals surface area contributed by atoms with Crippen molar-refractivity contribution in [2.75, 3.05) is 30.9 Å². The van der Waals surface area contributed by atoms with E-state index in [1.165, 1.54) is 4.90 Å². The van der Waals surface area contributed by atoms with Crippen LogP contribution in [-0.2, 0) is 14.4 Å². The van der Waals surface area contributed by atoms with Crippen LogP contribution in [0.5, 0.6) is 0 Å². The van der Waals surface area contributed by atoms with Crippen LogP contribution >= 0.6 is 36.2 Å². The molecule has 4 unspecified atom stereocenters. The van der Waals surface area contributed by atoms with Crippen molar-refractivity contribution < 1.29 is 14.4 Å². The maximum atomic E-state index is 12.4. The molecule has 0 aromatic heterocycles. The van der Waals surface area contributed by atoms with Gasteiger partial charge in [0.2, 0.25) is 17.7 Å². The van der Waals surface area contributed by atoms with Crippen molar-refractivity contribution in [2.24, 2.45) is 11.7 Å². The molecule has 25 heavy (non-hydrogen) atoms. The molecule has 1 aliphatic heterocycles. The third-order valence-electron chi connectivity index (χ3n) is 4.41. The topological polar surface area (TPSA) is 92.5 Å². The predicted molar refractivity (Wildman–Crippen MR) is 109 cm³/mol. The molecule has 0 saturated carbocycles. The SMILES string of the molecule is CCC(C)C(CSC1CC(=O)N(CCNC(=O)C(N)CS)C1=O)SC. The number of nitrogens with one attached hydrogen (secondary N) is 1. The Labute approximate surface area is 164 Å². The van der Waals surface area contributed by atoms with E-state index in [0.29, 0.717) is 11.2 Å². The second-order valence-corrected chi connectivity index (χ2v) is 8.83. The number of likely N-dealkylation sites (tertiary alicyclic amines) is 1. The molecular formula is C16H29N3O3S3. The van der Waals surface area contributed by atoms with Gasteiger partial charge in [0, 0.05) is 36.3 Å². The smallest absolute Gasteiger partial charge is 0.242 e. The quantitative estimate of drug-likeness (QED) is 0.350. The highest BCUT2D eigenvalue weighted by molar-refractivity contribution is 8.03. The van der Waals surface area contributed by atoms with Crippen LogP contribution in [0, 0.1) is 5.92 Å². The maximum absolute atomic E-state index is 12.4. The summed E-state index contributed by atoms with van der Waals surface area (Å²) in [7, 11) is 0. The summed E-state index contributed by atoms with van der Waals surface area (Å²) in [4.78, 5) is 37.4. The molecule has 3 N–H and O–H groups in total. The summed E-state index contributed by atoms with van der Waals surface area (Å²) in [5, 5.41) is 2.81. The Hall–Kier alpha value is -0.380. The van der Waals surface area contributed by atoms with E-state index >= 15 is 0 Å². The molecule has 144 valence electrons. The van der Waals surface area contributed by atoms with Crippen LogP contribution < -0.4 is 11.1 Å². The molecule has 0 radical (unpaired) electrons. The highest BCUT2D eigenvalue weighted by Gasteiger charge is 2.38. The standard InChI is InChI=1S/C16H29N3O3S3/c1-4-10(2)13(24-3)9-25-12-7-14(20)19(16(12)22)6-5-18-15(21)11(17)8-23/h10-13,23H,4-9,17H2,1-3H3,(H,18,21). The number of amides is 3. The lowest BCUT2D eigenvalue weighted by Gasteiger charge is -2.21. The molecular weight excluding hydrogens is 378 g/mol. The molecule has 6 nitrogen and oxygen atoms in total. The second-order valence-electron chi connectivity index (χ2n) is 6.15. The average Bonchev–Trinajstić information content (AvgIpc) is 2.88. The number of thioether (sulfide) groups is 2. The summed E-state index contributed by atoms with van der Waals surface area (Å²) in [6.45, 7) is 4.79. The molecule has 0 spiro atoms. The van der Waals surface area contributed by atoms with Gasteiger partial charge in [-0.2, -0.15) is 24.4 Å². The number of thiol groups is 1. The van der Waals surface area contributed by atoms with Gasteiger partial charge in [-0.3, -0.25) is 19.3 Å². The van der Waals surface area contributed by atoms with E-state index in [1.807, 2.05) is 11.8 Å². The van der Waals surface area contributed by atoms with E-state index in [2.05, 4.69) is 38.0 Å². The zero-order valence-corrected chi connectivity index (χ0v) is 17.6. The molecule has 3 amide bonds. The lowest BCUT2D eigenvalue weighted by Crippen LogP contribution is -2.45. The Kier molecular flexibility index (Phi) is 10.3. The van der Waals surface area contributed by atoms with Gasteiger partial charge in [-0.25, -0.2) is 0 Å². The van der Waals surface area contributed by atoms with Crippen LogP contribution in [0.3, 0.4) is 0 Å². The van der Waals surface area contributed by atoms with Gasteiger partial charge >= 0.3 is 0 Å². The van der Waals surface area contributed by atoms with Crippen LogP contribution in [-0.4, -0.2) is 70.0 Å². The van der Waals surface area contributed by atoms with E-state index in [4.69, 9.17) is 5.73 Å². The summed E-state index contributed by atoms with van der Waals surface area (Å²) in [6, 6.07) is -0.680. The molecule has 4 atom stereocenters. The van der Waals surface area contributed by atoms with Crippen molar-refractivity contribution in [3.05, 3.63) is 0 Å². The first kappa shape index (κ1) is 22.7. The van der Waals surface area contributed by atoms with E-state index in [0.717, 1.165) is 12.2 Å². The van der Waals surface area contributed by atoms with Crippen molar-refractivity contribution in [3.63, 3.8) is 0 Å². The largest absolute Gasteiger partial charge is 0.353 e. The Morgan fingerprint density at radius 1 is 1.48 bits per heavy atom. The fourth-order valence-corrected chi connectivity index (χ4v) is 5.35. The molecule has 1 rings (SSSR count). The van der Waals surface area contributed by atoms with Crippen molar-refractivity contribution in [3.8, 4) is 0 Å². The summed E-state index contributed by atoms with van der Waals surface area (Å²) in [6.07, 6.45) is 3.43. The van der Waals surface area contributed by atoms with Gasteiger partial charge in [0.05, 0.1) is 11.3 Å². The monoisotopic (exact) mass is 407 g/mol. The molecule has 9 heteroatoms. The Balaban J connectivity index is 2.46. The van der Waals surface area contributed by atoms with E-state index in [-0.39, 0.29) is 48.2 Å². The van der Waals surface area contributed by atoms with Crippen LogP contribution in [0.4, 0.5) is 0 Å². The third-order valence-corrected chi connectivity index (χ3v) is 7.58. The highest BCUT2D eigenvalue weighted by Crippen LogP contribution is 2.30.